The van der Waals surface area contributed by atoms with Crippen molar-refractivity contribution in [2.24, 2.45) is 0 Å². The van der Waals surface area contributed by atoms with Crippen LogP contribution in [-0.2, 0) is 0 Å². The molecule has 0 aromatic heterocycles. The lowest BCUT2D eigenvalue weighted by molar-refractivity contribution is 0.574. The monoisotopic (exact) mass is 367 g/mol. The molecule has 0 amide bonds. The molecule has 1 N–H and O–H groups in total. The van der Waals surface area contributed by atoms with E-state index in [0.29, 0.717) is 0 Å². The van der Waals surface area contributed by atoms with Crippen molar-refractivity contribution in [1.82, 2.24) is 5.32 Å². The minimum absolute atomic E-state index is 0.188. The molecule has 1 nitrogen and oxygen atoms in total. The largest absolute Gasteiger partial charge is 0.309 e. The van der Waals surface area contributed by atoms with E-state index >= 15 is 0 Å². The van der Waals surface area contributed by atoms with Crippen molar-refractivity contribution in [3.63, 3.8) is 0 Å². The highest BCUT2D eigenvalue weighted by Gasteiger charge is 2.12. The molecular weight excluding hydrogens is 349 g/mol. The Labute approximate surface area is 138 Å². The van der Waals surface area contributed by atoms with Crippen LogP contribution in [0.25, 0.3) is 0 Å². The van der Waals surface area contributed by atoms with Gasteiger partial charge in [0.1, 0.15) is 5.82 Å². The molecule has 2 aromatic rings. The van der Waals surface area contributed by atoms with Crippen LogP contribution in [-0.4, -0.2) is 12.3 Å². The van der Waals surface area contributed by atoms with E-state index in [0.717, 1.165) is 28.8 Å². The molecule has 0 aliphatic carbocycles. The summed E-state index contributed by atoms with van der Waals surface area (Å²) in [6.07, 6.45) is 1.08. The minimum Gasteiger partial charge on any atom is -0.309 e. The maximum atomic E-state index is 13.1. The Bertz CT molecular complexity index is 559. The number of hydrogen-bond donors (Lipinski definition) is 1. The van der Waals surface area contributed by atoms with Gasteiger partial charge in [-0.05, 0) is 58.7 Å². The van der Waals surface area contributed by atoms with Crippen LogP contribution in [0.3, 0.4) is 0 Å². The lowest BCUT2D eigenvalue weighted by Gasteiger charge is -2.19. The Balaban J connectivity index is 2.06. The quantitative estimate of drug-likeness (QED) is 0.655. The van der Waals surface area contributed by atoms with Crippen LogP contribution >= 0.6 is 27.7 Å². The van der Waals surface area contributed by atoms with E-state index in [1.807, 2.05) is 24.3 Å². The Morgan fingerprint density at radius 2 is 1.86 bits per heavy atom. The van der Waals surface area contributed by atoms with Gasteiger partial charge >= 0.3 is 0 Å². The molecule has 112 valence electrons. The molecule has 4 heteroatoms. The predicted octanol–water partition coefficient (Wildman–Crippen LogP) is 5.42. The normalized spacial score (nSPS) is 12.3. The molecule has 0 saturated heterocycles. The highest BCUT2D eigenvalue weighted by Crippen LogP contribution is 2.30. The van der Waals surface area contributed by atoms with Gasteiger partial charge in [-0.3, -0.25) is 0 Å². The standard InChI is InChI=1S/C17H19BrFNS/c1-2-11-20-16(13-7-9-14(19)10-8-13)12-21-17-6-4-3-5-15(17)18/h3-10,16,20H,2,11-12H2,1H3. The second-order valence-corrected chi connectivity index (χ2v) is 6.72. The van der Waals surface area contributed by atoms with Crippen LogP contribution in [0.5, 0.6) is 0 Å². The second-order valence-electron chi connectivity index (χ2n) is 4.80. The van der Waals surface area contributed by atoms with E-state index in [4.69, 9.17) is 0 Å². The van der Waals surface area contributed by atoms with E-state index in [1.54, 1.807) is 11.8 Å². The van der Waals surface area contributed by atoms with E-state index in [1.165, 1.54) is 17.0 Å². The average molecular weight is 368 g/mol. The molecule has 0 heterocycles. The molecule has 21 heavy (non-hydrogen) atoms. The van der Waals surface area contributed by atoms with Crippen molar-refractivity contribution in [1.29, 1.82) is 0 Å². The van der Waals surface area contributed by atoms with Gasteiger partial charge < -0.3 is 5.32 Å². The van der Waals surface area contributed by atoms with Gasteiger partial charge in [0.25, 0.3) is 0 Å². The number of rotatable bonds is 7. The Hall–Kier alpha value is -0.840. The van der Waals surface area contributed by atoms with Gasteiger partial charge in [-0.1, -0.05) is 31.2 Å². The van der Waals surface area contributed by atoms with Crippen LogP contribution in [0.4, 0.5) is 4.39 Å². The number of nitrogens with one attached hydrogen (secondary N) is 1. The van der Waals surface area contributed by atoms with Gasteiger partial charge in [0.2, 0.25) is 0 Å². The summed E-state index contributed by atoms with van der Waals surface area (Å²) in [5, 5.41) is 3.54. The van der Waals surface area contributed by atoms with Crippen molar-refractivity contribution in [2.45, 2.75) is 24.3 Å². The second kappa shape index (κ2) is 8.57. The molecule has 1 unspecified atom stereocenters. The summed E-state index contributed by atoms with van der Waals surface area (Å²) in [6.45, 7) is 3.11. The summed E-state index contributed by atoms with van der Waals surface area (Å²) in [5.41, 5.74) is 1.13. The lowest BCUT2D eigenvalue weighted by Crippen LogP contribution is -2.24. The SMILES string of the molecule is CCCNC(CSc1ccccc1Br)c1ccc(F)cc1. The number of halogens is 2. The van der Waals surface area contributed by atoms with Gasteiger partial charge in [-0.25, -0.2) is 4.39 Å². The van der Waals surface area contributed by atoms with Crippen molar-refractivity contribution in [3.8, 4) is 0 Å². The van der Waals surface area contributed by atoms with Gasteiger partial charge in [-0.2, -0.15) is 0 Å². The van der Waals surface area contributed by atoms with Gasteiger partial charge in [0.05, 0.1) is 0 Å². The molecule has 0 aliphatic heterocycles. The third-order valence-electron chi connectivity index (χ3n) is 3.16. The lowest BCUT2D eigenvalue weighted by atomic mass is 10.1. The third kappa shape index (κ3) is 5.13. The maximum Gasteiger partial charge on any atom is 0.123 e. The molecule has 0 spiro atoms. The first-order valence-corrected chi connectivity index (χ1v) is 8.84. The predicted molar refractivity (Wildman–Crippen MR) is 92.3 cm³/mol. The fraction of sp³-hybridized carbons (Fsp3) is 0.294. The van der Waals surface area contributed by atoms with Crippen molar-refractivity contribution in [3.05, 3.63) is 64.4 Å². The first-order valence-electron chi connectivity index (χ1n) is 7.07. The minimum atomic E-state index is -0.188. The summed E-state index contributed by atoms with van der Waals surface area (Å²) in [4.78, 5) is 1.22. The van der Waals surface area contributed by atoms with Crippen LogP contribution in [0.2, 0.25) is 0 Å². The maximum absolute atomic E-state index is 13.1. The molecule has 0 bridgehead atoms. The highest BCUT2D eigenvalue weighted by molar-refractivity contribution is 9.10. The number of thioether (sulfide) groups is 1. The third-order valence-corrected chi connectivity index (χ3v) is 5.28. The molecular formula is C17H19BrFNS. The van der Waals surface area contributed by atoms with Crippen molar-refractivity contribution >= 4 is 27.7 Å². The average Bonchev–Trinajstić information content (AvgIpc) is 2.50. The molecule has 2 aromatic carbocycles. The van der Waals surface area contributed by atoms with Crippen molar-refractivity contribution < 1.29 is 4.39 Å². The zero-order valence-corrected chi connectivity index (χ0v) is 14.4. The fourth-order valence-electron chi connectivity index (χ4n) is 2.02. The fourth-order valence-corrected chi connectivity index (χ4v) is 3.69. The summed E-state index contributed by atoms with van der Waals surface area (Å²) >= 11 is 5.38. The van der Waals surface area contributed by atoms with Crippen molar-refractivity contribution in [2.75, 3.05) is 12.3 Å². The van der Waals surface area contributed by atoms with Crippen LogP contribution in [0.1, 0.15) is 24.9 Å². The first-order chi connectivity index (χ1) is 10.2. The number of benzene rings is 2. The van der Waals surface area contributed by atoms with E-state index in [-0.39, 0.29) is 11.9 Å². The summed E-state index contributed by atoms with van der Waals surface area (Å²) in [6, 6.07) is 15.2. The van der Waals surface area contributed by atoms with Crippen LogP contribution in [0.15, 0.2) is 57.9 Å². The zero-order valence-electron chi connectivity index (χ0n) is 12.0. The molecule has 1 atom stereocenters. The van der Waals surface area contributed by atoms with Gasteiger partial charge in [0, 0.05) is 21.2 Å². The summed E-state index contributed by atoms with van der Waals surface area (Å²) in [5.74, 6) is 0.722. The highest BCUT2D eigenvalue weighted by atomic mass is 79.9. The Morgan fingerprint density at radius 1 is 1.14 bits per heavy atom. The topological polar surface area (TPSA) is 12.0 Å². The van der Waals surface area contributed by atoms with E-state index in [9.17, 15) is 4.39 Å². The Morgan fingerprint density at radius 3 is 2.52 bits per heavy atom. The molecule has 0 radical (unpaired) electrons. The molecule has 0 saturated carbocycles. The smallest absolute Gasteiger partial charge is 0.123 e. The van der Waals surface area contributed by atoms with Crippen LogP contribution in [0, 0.1) is 5.82 Å². The molecule has 0 fully saturated rings. The summed E-state index contributed by atoms with van der Waals surface area (Å²) < 4.78 is 14.2. The van der Waals surface area contributed by atoms with Gasteiger partial charge in [-0.15, -0.1) is 11.8 Å². The molecule has 2 rings (SSSR count). The van der Waals surface area contributed by atoms with Gasteiger partial charge in [0.15, 0.2) is 0 Å². The summed E-state index contributed by atoms with van der Waals surface area (Å²) in [7, 11) is 0. The van der Waals surface area contributed by atoms with Crippen LogP contribution < -0.4 is 5.32 Å². The first kappa shape index (κ1) is 16.5. The molecule has 0 aliphatic rings. The van der Waals surface area contributed by atoms with E-state index in [2.05, 4.69) is 40.3 Å². The Kier molecular flexibility index (Phi) is 6.74. The van der Waals surface area contributed by atoms with E-state index < -0.39 is 0 Å². The number of hydrogen-bond acceptors (Lipinski definition) is 2. The zero-order chi connectivity index (χ0) is 15.1.